The van der Waals surface area contributed by atoms with Crippen LogP contribution in [0.3, 0.4) is 0 Å². The molecule has 0 radical (unpaired) electrons. The molecule has 24 heavy (non-hydrogen) atoms. The minimum absolute atomic E-state index is 0. The number of carbonyl (C=O) groups excluding carboxylic acids is 1. The van der Waals surface area contributed by atoms with Crippen molar-refractivity contribution >= 4 is 18.3 Å². The second-order valence-electron chi connectivity index (χ2n) is 6.42. The number of amides is 1. The maximum Gasteiger partial charge on any atom is 0.220 e. The lowest BCUT2D eigenvalue weighted by Gasteiger charge is -2.23. The average molecular weight is 355 g/mol. The predicted molar refractivity (Wildman–Crippen MR) is 96.1 cm³/mol. The molecule has 2 N–H and O–H groups in total. The lowest BCUT2D eigenvalue weighted by Crippen LogP contribution is -2.30. The van der Waals surface area contributed by atoms with Crippen LogP contribution in [0.15, 0.2) is 18.2 Å². The van der Waals surface area contributed by atoms with Gasteiger partial charge < -0.3 is 20.1 Å². The lowest BCUT2D eigenvalue weighted by atomic mass is 9.93. The fourth-order valence-electron chi connectivity index (χ4n) is 3.23. The van der Waals surface area contributed by atoms with Gasteiger partial charge in [-0.3, -0.25) is 4.79 Å². The Bertz CT molecular complexity index is 547. The van der Waals surface area contributed by atoms with Crippen LogP contribution in [0, 0.1) is 5.92 Å². The van der Waals surface area contributed by atoms with E-state index < -0.39 is 0 Å². The summed E-state index contributed by atoms with van der Waals surface area (Å²) in [6.45, 7) is 5.34. The molecule has 1 saturated heterocycles. The number of benzene rings is 1. The molecule has 0 saturated carbocycles. The molecule has 1 atom stereocenters. The zero-order chi connectivity index (χ0) is 16.1. The number of carbonyl (C=O) groups is 1. The molecule has 0 aromatic heterocycles. The average Bonchev–Trinajstić information content (AvgIpc) is 2.60. The van der Waals surface area contributed by atoms with Crippen LogP contribution in [0.25, 0.3) is 0 Å². The van der Waals surface area contributed by atoms with E-state index in [1.807, 2.05) is 25.1 Å². The van der Waals surface area contributed by atoms with E-state index in [0.717, 1.165) is 36.6 Å². The van der Waals surface area contributed by atoms with Crippen molar-refractivity contribution in [2.24, 2.45) is 5.92 Å². The van der Waals surface area contributed by atoms with Gasteiger partial charge in [0, 0.05) is 6.42 Å². The molecule has 2 aliphatic rings. The standard InChI is InChI=1S/C18H26N2O3.ClH/c1-13(15-3-4-16-17(12-15)23-11-10-22-16)20-18(21)5-2-14-6-8-19-9-7-14;/h3-4,12-14,19H,2,5-11H2,1H3,(H,20,21);1H. The molecule has 5 nitrogen and oxygen atoms in total. The maximum atomic E-state index is 12.2. The van der Waals surface area contributed by atoms with E-state index in [2.05, 4.69) is 10.6 Å². The summed E-state index contributed by atoms with van der Waals surface area (Å²) >= 11 is 0. The Hall–Kier alpha value is -1.46. The molecule has 134 valence electrons. The quantitative estimate of drug-likeness (QED) is 0.853. The molecule has 3 rings (SSSR count). The summed E-state index contributed by atoms with van der Waals surface area (Å²) in [5.74, 6) is 2.37. The molecular formula is C18H27ClN2O3. The van der Waals surface area contributed by atoms with E-state index in [-0.39, 0.29) is 24.4 Å². The maximum absolute atomic E-state index is 12.2. The van der Waals surface area contributed by atoms with E-state index in [0.29, 0.717) is 25.6 Å². The minimum atomic E-state index is -0.0219. The summed E-state index contributed by atoms with van der Waals surface area (Å²) in [6.07, 6.45) is 3.97. The monoisotopic (exact) mass is 354 g/mol. The third-order valence-corrected chi connectivity index (χ3v) is 4.68. The number of ether oxygens (including phenoxy) is 2. The van der Waals surface area contributed by atoms with Gasteiger partial charge in [-0.25, -0.2) is 0 Å². The Morgan fingerprint density at radius 3 is 2.71 bits per heavy atom. The zero-order valence-corrected chi connectivity index (χ0v) is 15.0. The Labute approximate surface area is 149 Å². The van der Waals surface area contributed by atoms with Crippen LogP contribution in [-0.2, 0) is 4.79 Å². The van der Waals surface area contributed by atoms with Gasteiger partial charge in [-0.2, -0.15) is 0 Å². The number of halogens is 1. The summed E-state index contributed by atoms with van der Waals surface area (Å²) in [5, 5.41) is 6.45. The first-order valence-corrected chi connectivity index (χ1v) is 8.62. The topological polar surface area (TPSA) is 59.6 Å². The van der Waals surface area contributed by atoms with Crippen LogP contribution in [-0.4, -0.2) is 32.2 Å². The van der Waals surface area contributed by atoms with E-state index >= 15 is 0 Å². The summed E-state index contributed by atoms with van der Waals surface area (Å²) < 4.78 is 11.1. The SMILES string of the molecule is CC(NC(=O)CCC1CCNCC1)c1ccc2c(c1)OCCO2.Cl. The summed E-state index contributed by atoms with van der Waals surface area (Å²) in [4.78, 5) is 12.2. The number of hydrogen-bond acceptors (Lipinski definition) is 4. The molecule has 1 unspecified atom stereocenters. The Balaban J connectivity index is 0.00000208. The highest BCUT2D eigenvalue weighted by Crippen LogP contribution is 2.32. The first kappa shape index (κ1) is 18.9. The van der Waals surface area contributed by atoms with Crippen molar-refractivity contribution < 1.29 is 14.3 Å². The molecule has 2 aliphatic heterocycles. The normalized spacial score (nSPS) is 18.4. The van der Waals surface area contributed by atoms with Crippen molar-refractivity contribution in [1.82, 2.24) is 10.6 Å². The highest BCUT2D eigenvalue weighted by molar-refractivity contribution is 5.85. The van der Waals surface area contributed by atoms with Gasteiger partial charge in [0.25, 0.3) is 0 Å². The van der Waals surface area contributed by atoms with Crippen molar-refractivity contribution in [3.05, 3.63) is 23.8 Å². The summed E-state index contributed by atoms with van der Waals surface area (Å²) in [7, 11) is 0. The van der Waals surface area contributed by atoms with E-state index in [4.69, 9.17) is 9.47 Å². The number of nitrogens with one attached hydrogen (secondary N) is 2. The minimum Gasteiger partial charge on any atom is -0.486 e. The number of piperidine rings is 1. The van der Waals surface area contributed by atoms with Crippen molar-refractivity contribution in [1.29, 1.82) is 0 Å². The number of fused-ring (bicyclic) bond motifs is 1. The largest absolute Gasteiger partial charge is 0.486 e. The van der Waals surface area contributed by atoms with Crippen molar-refractivity contribution in [2.75, 3.05) is 26.3 Å². The highest BCUT2D eigenvalue weighted by Gasteiger charge is 2.17. The second kappa shape index (κ2) is 9.14. The Morgan fingerprint density at radius 2 is 1.96 bits per heavy atom. The molecule has 0 bridgehead atoms. The zero-order valence-electron chi connectivity index (χ0n) is 14.2. The molecule has 1 amide bonds. The van der Waals surface area contributed by atoms with Gasteiger partial charge in [-0.05, 0) is 62.9 Å². The van der Waals surface area contributed by atoms with Crippen LogP contribution in [0.4, 0.5) is 0 Å². The van der Waals surface area contributed by atoms with E-state index in [9.17, 15) is 4.79 Å². The molecule has 2 heterocycles. The van der Waals surface area contributed by atoms with Crippen LogP contribution in [0.5, 0.6) is 11.5 Å². The summed E-state index contributed by atoms with van der Waals surface area (Å²) in [6, 6.07) is 5.85. The fourth-order valence-corrected chi connectivity index (χ4v) is 3.23. The van der Waals surface area contributed by atoms with Crippen molar-refractivity contribution in [2.45, 2.75) is 38.6 Å². The van der Waals surface area contributed by atoms with Crippen molar-refractivity contribution in [3.63, 3.8) is 0 Å². The molecule has 0 spiro atoms. The molecule has 1 aromatic rings. The molecule has 1 aromatic carbocycles. The van der Waals surface area contributed by atoms with Crippen molar-refractivity contribution in [3.8, 4) is 11.5 Å². The molecule has 1 fully saturated rings. The van der Waals surface area contributed by atoms with Gasteiger partial charge in [0.15, 0.2) is 11.5 Å². The first-order chi connectivity index (χ1) is 11.2. The fraction of sp³-hybridized carbons (Fsp3) is 0.611. The van der Waals surface area contributed by atoms with E-state index in [1.165, 1.54) is 12.8 Å². The predicted octanol–water partition coefficient (Wildman–Crippen LogP) is 2.84. The van der Waals surface area contributed by atoms with Gasteiger partial charge in [0.1, 0.15) is 13.2 Å². The van der Waals surface area contributed by atoms with Gasteiger partial charge in [-0.15, -0.1) is 12.4 Å². The third kappa shape index (κ3) is 5.02. The van der Waals surface area contributed by atoms with Crippen LogP contribution in [0.2, 0.25) is 0 Å². The van der Waals surface area contributed by atoms with Gasteiger partial charge in [-0.1, -0.05) is 6.07 Å². The highest BCUT2D eigenvalue weighted by atomic mass is 35.5. The molecule has 6 heteroatoms. The first-order valence-electron chi connectivity index (χ1n) is 8.62. The number of rotatable bonds is 5. The van der Waals surface area contributed by atoms with Crippen LogP contribution < -0.4 is 20.1 Å². The van der Waals surface area contributed by atoms with Gasteiger partial charge >= 0.3 is 0 Å². The lowest BCUT2D eigenvalue weighted by molar-refractivity contribution is -0.122. The molecule has 0 aliphatic carbocycles. The number of hydrogen-bond donors (Lipinski definition) is 2. The smallest absolute Gasteiger partial charge is 0.220 e. The van der Waals surface area contributed by atoms with Gasteiger partial charge in [0.2, 0.25) is 5.91 Å². The van der Waals surface area contributed by atoms with Gasteiger partial charge in [0.05, 0.1) is 6.04 Å². The third-order valence-electron chi connectivity index (χ3n) is 4.68. The van der Waals surface area contributed by atoms with Crippen LogP contribution >= 0.6 is 12.4 Å². The van der Waals surface area contributed by atoms with E-state index in [1.54, 1.807) is 0 Å². The second-order valence-corrected chi connectivity index (χ2v) is 6.42. The molecular weight excluding hydrogens is 328 g/mol. The summed E-state index contributed by atoms with van der Waals surface area (Å²) in [5.41, 5.74) is 1.05. The Morgan fingerprint density at radius 1 is 1.25 bits per heavy atom. The Kier molecular flexibility index (Phi) is 7.18. The van der Waals surface area contributed by atoms with Crippen LogP contribution in [0.1, 0.15) is 44.2 Å².